The molecular formula is C20H23Cl2N3. The number of aromatic nitrogens is 1. The number of hydrogen-bond acceptors (Lipinski definition) is 2. The van der Waals surface area contributed by atoms with E-state index in [1.807, 2.05) is 12.1 Å². The Labute approximate surface area is 159 Å². The summed E-state index contributed by atoms with van der Waals surface area (Å²) in [6.07, 6.45) is 2.22. The fourth-order valence-electron chi connectivity index (χ4n) is 2.95. The molecule has 0 aliphatic carbocycles. The standard InChI is InChI=1S/C20H23Cl2N3/c1-24(2)10-9-23-12-16-14-25(20-6-4-3-5-18(16)20)13-15-7-8-17(21)11-19(15)22/h3-8,11,14,23H,9-10,12-13H2,1-2H3. The molecule has 0 aliphatic rings. The number of rotatable bonds is 7. The van der Waals surface area contributed by atoms with E-state index in [-0.39, 0.29) is 0 Å². The molecule has 0 bridgehead atoms. The zero-order valence-electron chi connectivity index (χ0n) is 14.6. The van der Waals surface area contributed by atoms with E-state index < -0.39 is 0 Å². The molecule has 0 aliphatic heterocycles. The van der Waals surface area contributed by atoms with Crippen LogP contribution < -0.4 is 5.32 Å². The van der Waals surface area contributed by atoms with E-state index >= 15 is 0 Å². The molecule has 0 spiro atoms. The summed E-state index contributed by atoms with van der Waals surface area (Å²) in [5.74, 6) is 0. The second-order valence-electron chi connectivity index (χ2n) is 6.52. The molecule has 3 nitrogen and oxygen atoms in total. The third-order valence-electron chi connectivity index (χ3n) is 4.28. The van der Waals surface area contributed by atoms with Crippen LogP contribution in [0.15, 0.2) is 48.7 Å². The third kappa shape index (κ3) is 4.56. The van der Waals surface area contributed by atoms with Gasteiger partial charge in [0, 0.05) is 53.3 Å². The lowest BCUT2D eigenvalue weighted by molar-refractivity contribution is 0.400. The molecule has 1 aromatic heterocycles. The lowest BCUT2D eigenvalue weighted by atomic mass is 10.2. The summed E-state index contributed by atoms with van der Waals surface area (Å²) >= 11 is 12.4. The highest BCUT2D eigenvalue weighted by atomic mass is 35.5. The summed E-state index contributed by atoms with van der Waals surface area (Å²) in [7, 11) is 4.17. The van der Waals surface area contributed by atoms with Crippen LogP contribution in [0.4, 0.5) is 0 Å². The van der Waals surface area contributed by atoms with E-state index in [0.717, 1.165) is 31.7 Å². The van der Waals surface area contributed by atoms with Crippen molar-refractivity contribution in [1.82, 2.24) is 14.8 Å². The summed E-state index contributed by atoms with van der Waals surface area (Å²) in [6, 6.07) is 14.2. The molecular weight excluding hydrogens is 353 g/mol. The largest absolute Gasteiger partial charge is 0.343 e. The Balaban J connectivity index is 1.83. The number of hydrogen-bond donors (Lipinski definition) is 1. The predicted octanol–water partition coefficient (Wildman–Crippen LogP) is 4.65. The number of benzene rings is 2. The van der Waals surface area contributed by atoms with Gasteiger partial charge in [-0.15, -0.1) is 0 Å². The minimum absolute atomic E-state index is 0.664. The average molecular weight is 376 g/mol. The molecule has 132 valence electrons. The van der Waals surface area contributed by atoms with Gasteiger partial charge in [-0.1, -0.05) is 47.5 Å². The third-order valence-corrected chi connectivity index (χ3v) is 4.87. The Morgan fingerprint density at radius 3 is 2.60 bits per heavy atom. The molecule has 0 saturated carbocycles. The maximum absolute atomic E-state index is 6.35. The molecule has 0 amide bonds. The van der Waals surface area contributed by atoms with Crippen LogP contribution in [0.5, 0.6) is 0 Å². The van der Waals surface area contributed by atoms with Gasteiger partial charge < -0.3 is 14.8 Å². The lowest BCUT2D eigenvalue weighted by Gasteiger charge is -2.09. The van der Waals surface area contributed by atoms with Crippen molar-refractivity contribution >= 4 is 34.1 Å². The SMILES string of the molecule is CN(C)CCNCc1cn(Cc2ccc(Cl)cc2Cl)c2ccccc12. The first-order valence-electron chi connectivity index (χ1n) is 8.40. The summed E-state index contributed by atoms with van der Waals surface area (Å²) < 4.78 is 2.26. The minimum atomic E-state index is 0.664. The van der Waals surface area contributed by atoms with Crippen molar-refractivity contribution in [1.29, 1.82) is 0 Å². The van der Waals surface area contributed by atoms with E-state index in [4.69, 9.17) is 23.2 Å². The zero-order chi connectivity index (χ0) is 17.8. The van der Waals surface area contributed by atoms with Crippen molar-refractivity contribution in [2.24, 2.45) is 0 Å². The minimum Gasteiger partial charge on any atom is -0.343 e. The zero-order valence-corrected chi connectivity index (χ0v) is 16.1. The lowest BCUT2D eigenvalue weighted by Crippen LogP contribution is -2.26. The maximum atomic E-state index is 6.35. The Morgan fingerprint density at radius 2 is 1.84 bits per heavy atom. The highest BCUT2D eigenvalue weighted by Gasteiger charge is 2.10. The van der Waals surface area contributed by atoms with E-state index in [1.165, 1.54) is 16.5 Å². The molecule has 0 unspecified atom stereocenters. The highest BCUT2D eigenvalue weighted by Crippen LogP contribution is 2.26. The summed E-state index contributed by atoms with van der Waals surface area (Å²) in [6.45, 7) is 3.58. The van der Waals surface area contributed by atoms with Crippen molar-refractivity contribution < 1.29 is 0 Å². The normalized spacial score (nSPS) is 11.6. The molecule has 25 heavy (non-hydrogen) atoms. The first kappa shape index (κ1) is 18.3. The fourth-order valence-corrected chi connectivity index (χ4v) is 3.42. The van der Waals surface area contributed by atoms with E-state index in [0.29, 0.717) is 10.0 Å². The van der Waals surface area contributed by atoms with Crippen LogP contribution in [0.25, 0.3) is 10.9 Å². The topological polar surface area (TPSA) is 20.2 Å². The van der Waals surface area contributed by atoms with E-state index in [2.05, 4.69) is 59.3 Å². The van der Waals surface area contributed by atoms with E-state index in [9.17, 15) is 0 Å². The summed E-state index contributed by atoms with van der Waals surface area (Å²) in [4.78, 5) is 2.18. The molecule has 3 aromatic rings. The number of para-hydroxylation sites is 1. The van der Waals surface area contributed by atoms with Gasteiger partial charge >= 0.3 is 0 Å². The van der Waals surface area contributed by atoms with Crippen LogP contribution in [-0.4, -0.2) is 36.7 Å². The molecule has 0 saturated heterocycles. The van der Waals surface area contributed by atoms with Crippen LogP contribution >= 0.6 is 23.2 Å². The first-order chi connectivity index (χ1) is 12.0. The number of nitrogens with zero attached hydrogens (tertiary/aromatic N) is 2. The van der Waals surface area contributed by atoms with Gasteiger partial charge in [-0.25, -0.2) is 0 Å². The molecule has 0 radical (unpaired) electrons. The number of halogens is 2. The molecule has 3 rings (SSSR count). The van der Waals surface area contributed by atoms with Crippen molar-refractivity contribution in [3.8, 4) is 0 Å². The molecule has 0 atom stereocenters. The van der Waals surface area contributed by atoms with Gasteiger partial charge in [0.25, 0.3) is 0 Å². The van der Waals surface area contributed by atoms with Crippen LogP contribution in [0.2, 0.25) is 10.0 Å². The van der Waals surface area contributed by atoms with Gasteiger partial charge in [-0.3, -0.25) is 0 Å². The van der Waals surface area contributed by atoms with Crippen molar-refractivity contribution in [3.05, 3.63) is 69.8 Å². The highest BCUT2D eigenvalue weighted by molar-refractivity contribution is 6.35. The first-order valence-corrected chi connectivity index (χ1v) is 9.16. The van der Waals surface area contributed by atoms with Gasteiger partial charge in [0.15, 0.2) is 0 Å². The van der Waals surface area contributed by atoms with Crippen molar-refractivity contribution in [2.75, 3.05) is 27.2 Å². The summed E-state index contributed by atoms with van der Waals surface area (Å²) in [5, 5.41) is 6.17. The Kier molecular flexibility index (Phi) is 6.02. The van der Waals surface area contributed by atoms with Crippen molar-refractivity contribution in [3.63, 3.8) is 0 Å². The quantitative estimate of drug-likeness (QED) is 0.606. The molecule has 1 N–H and O–H groups in total. The van der Waals surface area contributed by atoms with Gasteiger partial charge in [0.2, 0.25) is 0 Å². The predicted molar refractivity (Wildman–Crippen MR) is 108 cm³/mol. The molecule has 5 heteroatoms. The van der Waals surface area contributed by atoms with E-state index in [1.54, 1.807) is 6.07 Å². The van der Waals surface area contributed by atoms with Crippen molar-refractivity contribution in [2.45, 2.75) is 13.1 Å². The number of fused-ring (bicyclic) bond motifs is 1. The van der Waals surface area contributed by atoms with Gasteiger partial charge in [-0.05, 0) is 43.4 Å². The smallest absolute Gasteiger partial charge is 0.0491 e. The number of nitrogens with one attached hydrogen (secondary N) is 1. The molecule has 1 heterocycles. The Bertz CT molecular complexity index is 855. The fraction of sp³-hybridized carbons (Fsp3) is 0.300. The van der Waals surface area contributed by atoms with Crippen LogP contribution in [-0.2, 0) is 13.1 Å². The Morgan fingerprint density at radius 1 is 1.04 bits per heavy atom. The van der Waals surface area contributed by atoms with Gasteiger partial charge in [-0.2, -0.15) is 0 Å². The second kappa shape index (κ2) is 8.24. The number of likely N-dealkylation sites (N-methyl/N-ethyl adjacent to an activating group) is 1. The average Bonchev–Trinajstić information content (AvgIpc) is 2.92. The monoisotopic (exact) mass is 375 g/mol. The van der Waals surface area contributed by atoms with Gasteiger partial charge in [0.1, 0.15) is 0 Å². The second-order valence-corrected chi connectivity index (χ2v) is 7.36. The molecule has 0 fully saturated rings. The van der Waals surface area contributed by atoms with Crippen LogP contribution in [0, 0.1) is 0 Å². The molecule has 2 aromatic carbocycles. The van der Waals surface area contributed by atoms with Gasteiger partial charge in [0.05, 0.1) is 0 Å². The van der Waals surface area contributed by atoms with Crippen LogP contribution in [0.3, 0.4) is 0 Å². The summed E-state index contributed by atoms with van der Waals surface area (Å²) in [5.41, 5.74) is 3.59. The Hall–Kier alpha value is -1.52. The maximum Gasteiger partial charge on any atom is 0.0491 e. The van der Waals surface area contributed by atoms with Crippen LogP contribution in [0.1, 0.15) is 11.1 Å².